The predicted molar refractivity (Wildman–Crippen MR) is 44.8 cm³/mol. The van der Waals surface area contributed by atoms with E-state index in [0.29, 0.717) is 11.3 Å². The highest BCUT2D eigenvalue weighted by molar-refractivity contribution is 5.85. The first-order valence-electron chi connectivity index (χ1n) is 3.53. The minimum Gasteiger partial charge on any atom is -0.506 e. The summed E-state index contributed by atoms with van der Waals surface area (Å²) in [7, 11) is 0. The molecule has 0 saturated carbocycles. The maximum absolute atomic E-state index is 9.21. The molecule has 4 nitrogen and oxygen atoms in total. The van der Waals surface area contributed by atoms with Gasteiger partial charge in [0.1, 0.15) is 5.75 Å². The smallest absolute Gasteiger partial charge is 0.170 e. The predicted octanol–water partition coefficient (Wildman–Crippen LogP) is 1.42. The number of nitrogens with two attached hydrogens (primary N) is 1. The van der Waals surface area contributed by atoms with Crippen LogP contribution in [0, 0.1) is 6.92 Å². The molecule has 3 N–H and O–H groups in total. The normalized spacial score (nSPS) is 10.8. The zero-order chi connectivity index (χ0) is 8.72. The van der Waals surface area contributed by atoms with Crippen LogP contribution in [0.3, 0.4) is 0 Å². The first-order valence-corrected chi connectivity index (χ1v) is 3.53. The Morgan fingerprint density at radius 3 is 3.00 bits per heavy atom. The van der Waals surface area contributed by atoms with Crippen molar-refractivity contribution in [1.82, 2.24) is 5.16 Å². The summed E-state index contributed by atoms with van der Waals surface area (Å²) in [6, 6.07) is 3.11. The van der Waals surface area contributed by atoms with Crippen molar-refractivity contribution >= 4 is 16.7 Å². The van der Waals surface area contributed by atoms with Gasteiger partial charge in [0.2, 0.25) is 0 Å². The van der Waals surface area contributed by atoms with Gasteiger partial charge in [-0.15, -0.1) is 0 Å². The number of aromatic hydroxyl groups is 1. The van der Waals surface area contributed by atoms with Gasteiger partial charge in [0.05, 0.1) is 11.4 Å². The second kappa shape index (κ2) is 2.14. The van der Waals surface area contributed by atoms with E-state index in [9.17, 15) is 5.11 Å². The number of aromatic nitrogens is 1. The molecule has 0 atom stereocenters. The molecule has 0 radical (unpaired) electrons. The Balaban J connectivity index is 2.87. The quantitative estimate of drug-likeness (QED) is 0.456. The zero-order valence-electron chi connectivity index (χ0n) is 6.53. The molecule has 62 valence electrons. The zero-order valence-corrected chi connectivity index (χ0v) is 6.53. The Kier molecular flexibility index (Phi) is 1.24. The summed E-state index contributed by atoms with van der Waals surface area (Å²) in [6.45, 7) is 1.82. The van der Waals surface area contributed by atoms with Crippen LogP contribution in [0.2, 0.25) is 0 Å². The van der Waals surface area contributed by atoms with Crippen molar-refractivity contribution in [2.75, 3.05) is 5.73 Å². The second-order valence-electron chi connectivity index (χ2n) is 2.68. The molecular weight excluding hydrogens is 156 g/mol. The Morgan fingerprint density at radius 1 is 1.50 bits per heavy atom. The average Bonchev–Trinajstić information content (AvgIpc) is 2.35. The summed E-state index contributed by atoms with van der Waals surface area (Å²) >= 11 is 0. The molecule has 0 amide bonds. The number of phenols is 1. The first-order chi connectivity index (χ1) is 5.68. The highest BCUT2D eigenvalue weighted by Crippen LogP contribution is 2.28. The molecular formula is C8H8N2O2. The van der Waals surface area contributed by atoms with Crippen LogP contribution >= 0.6 is 0 Å². The van der Waals surface area contributed by atoms with Gasteiger partial charge in [-0.25, -0.2) is 0 Å². The average molecular weight is 164 g/mol. The number of anilines is 1. The summed E-state index contributed by atoms with van der Waals surface area (Å²) in [5, 5.41) is 13.8. The lowest BCUT2D eigenvalue weighted by atomic mass is 10.2. The Morgan fingerprint density at radius 2 is 2.25 bits per heavy atom. The van der Waals surface area contributed by atoms with Gasteiger partial charge in [0.15, 0.2) is 5.58 Å². The minimum atomic E-state index is 0.0265. The van der Waals surface area contributed by atoms with E-state index in [2.05, 4.69) is 5.16 Å². The second-order valence-corrected chi connectivity index (χ2v) is 2.68. The SMILES string of the molecule is Cc1noc2cc(O)c(N)cc12. The van der Waals surface area contributed by atoms with Gasteiger partial charge in [-0.1, -0.05) is 5.16 Å². The van der Waals surface area contributed by atoms with Crippen LogP contribution in [0.25, 0.3) is 11.0 Å². The van der Waals surface area contributed by atoms with E-state index in [4.69, 9.17) is 10.3 Å². The van der Waals surface area contributed by atoms with E-state index < -0.39 is 0 Å². The summed E-state index contributed by atoms with van der Waals surface area (Å²) < 4.78 is 4.92. The third kappa shape index (κ3) is 0.812. The van der Waals surface area contributed by atoms with Gasteiger partial charge < -0.3 is 15.4 Å². The van der Waals surface area contributed by atoms with Crippen LogP contribution < -0.4 is 5.73 Å². The molecule has 0 aliphatic rings. The Labute approximate surface area is 68.6 Å². The highest BCUT2D eigenvalue weighted by atomic mass is 16.5. The number of hydrogen-bond donors (Lipinski definition) is 2. The molecule has 1 aromatic carbocycles. The molecule has 2 aromatic rings. The number of nitrogen functional groups attached to an aromatic ring is 1. The minimum absolute atomic E-state index is 0.0265. The Hall–Kier alpha value is -1.71. The topological polar surface area (TPSA) is 72.3 Å². The molecule has 0 aliphatic carbocycles. The summed E-state index contributed by atoms with van der Waals surface area (Å²) in [6.07, 6.45) is 0. The van der Waals surface area contributed by atoms with Crippen LogP contribution in [0.1, 0.15) is 5.69 Å². The van der Waals surface area contributed by atoms with Crippen molar-refractivity contribution < 1.29 is 9.63 Å². The molecule has 0 aliphatic heterocycles. The fourth-order valence-electron chi connectivity index (χ4n) is 1.11. The molecule has 0 saturated heterocycles. The third-order valence-corrected chi connectivity index (χ3v) is 1.80. The van der Waals surface area contributed by atoms with Crippen molar-refractivity contribution in [2.45, 2.75) is 6.92 Å². The number of nitrogens with zero attached hydrogens (tertiary/aromatic N) is 1. The number of benzene rings is 1. The molecule has 0 fully saturated rings. The Bertz CT molecular complexity index is 434. The van der Waals surface area contributed by atoms with Crippen LogP contribution in [0.4, 0.5) is 5.69 Å². The van der Waals surface area contributed by atoms with Gasteiger partial charge in [-0.05, 0) is 13.0 Å². The molecule has 2 rings (SSSR count). The largest absolute Gasteiger partial charge is 0.506 e. The fraction of sp³-hybridized carbons (Fsp3) is 0.125. The number of phenolic OH excluding ortho intramolecular Hbond substituents is 1. The van der Waals surface area contributed by atoms with Gasteiger partial charge >= 0.3 is 0 Å². The molecule has 0 spiro atoms. The summed E-state index contributed by atoms with van der Waals surface area (Å²) in [5.74, 6) is 0.0265. The lowest BCUT2D eigenvalue weighted by molar-refractivity contribution is 0.445. The van der Waals surface area contributed by atoms with Crippen molar-refractivity contribution in [2.24, 2.45) is 0 Å². The molecule has 1 aromatic heterocycles. The highest BCUT2D eigenvalue weighted by Gasteiger charge is 2.06. The van der Waals surface area contributed by atoms with Crippen molar-refractivity contribution in [3.8, 4) is 5.75 Å². The summed E-state index contributed by atoms with van der Waals surface area (Å²) in [4.78, 5) is 0. The fourth-order valence-corrected chi connectivity index (χ4v) is 1.11. The van der Waals surface area contributed by atoms with Crippen LogP contribution in [0.5, 0.6) is 5.75 Å². The van der Waals surface area contributed by atoms with Crippen molar-refractivity contribution in [1.29, 1.82) is 0 Å². The van der Waals surface area contributed by atoms with Crippen LogP contribution in [-0.2, 0) is 0 Å². The molecule has 4 heteroatoms. The van der Waals surface area contributed by atoms with Crippen LogP contribution in [0.15, 0.2) is 16.7 Å². The van der Waals surface area contributed by atoms with E-state index in [0.717, 1.165) is 11.1 Å². The third-order valence-electron chi connectivity index (χ3n) is 1.80. The number of aryl methyl sites for hydroxylation is 1. The number of fused-ring (bicyclic) bond motifs is 1. The molecule has 12 heavy (non-hydrogen) atoms. The maximum Gasteiger partial charge on any atom is 0.170 e. The van der Waals surface area contributed by atoms with Gasteiger partial charge in [-0.3, -0.25) is 0 Å². The van der Waals surface area contributed by atoms with E-state index in [1.54, 1.807) is 6.07 Å². The maximum atomic E-state index is 9.21. The standard InChI is InChI=1S/C8H8N2O2/c1-4-5-2-6(9)7(11)3-8(5)12-10-4/h2-3,11H,9H2,1H3. The van der Waals surface area contributed by atoms with Crippen molar-refractivity contribution in [3.05, 3.63) is 17.8 Å². The monoisotopic (exact) mass is 164 g/mol. The van der Waals surface area contributed by atoms with E-state index in [-0.39, 0.29) is 5.75 Å². The lowest BCUT2D eigenvalue weighted by Gasteiger charge is -1.96. The van der Waals surface area contributed by atoms with Gasteiger partial charge in [0, 0.05) is 11.5 Å². The lowest BCUT2D eigenvalue weighted by Crippen LogP contribution is -1.84. The van der Waals surface area contributed by atoms with E-state index in [1.807, 2.05) is 6.92 Å². The summed E-state index contributed by atoms with van der Waals surface area (Å²) in [5.41, 5.74) is 7.17. The van der Waals surface area contributed by atoms with E-state index in [1.165, 1.54) is 6.07 Å². The molecule has 1 heterocycles. The number of rotatable bonds is 0. The van der Waals surface area contributed by atoms with Gasteiger partial charge in [-0.2, -0.15) is 0 Å². The molecule has 0 unspecified atom stereocenters. The first kappa shape index (κ1) is 6.97. The van der Waals surface area contributed by atoms with Crippen molar-refractivity contribution in [3.63, 3.8) is 0 Å². The van der Waals surface area contributed by atoms with Crippen LogP contribution in [-0.4, -0.2) is 10.3 Å². The van der Waals surface area contributed by atoms with E-state index >= 15 is 0 Å². The number of hydrogen-bond acceptors (Lipinski definition) is 4. The molecule has 0 bridgehead atoms. The van der Waals surface area contributed by atoms with Gasteiger partial charge in [0.25, 0.3) is 0 Å².